The maximum Gasteiger partial charge on any atom is 0.193 e. The summed E-state index contributed by atoms with van der Waals surface area (Å²) in [4.78, 5) is 3.62. The van der Waals surface area contributed by atoms with E-state index < -0.39 is 0 Å². The zero-order valence-electron chi connectivity index (χ0n) is 8.42. The first-order valence-electron chi connectivity index (χ1n) is 4.12. The summed E-state index contributed by atoms with van der Waals surface area (Å²) in [5, 5.41) is 7.53. The highest BCUT2D eigenvalue weighted by molar-refractivity contribution is 8.13. The zero-order valence-corrected chi connectivity index (χ0v) is 9.24. The molecule has 0 rings (SSSR count). The molecule has 0 heterocycles. The van der Waals surface area contributed by atoms with Gasteiger partial charge in [0.2, 0.25) is 0 Å². The number of thioether (sulfide) groups is 1. The number of amidine groups is 1. The lowest BCUT2D eigenvalue weighted by Gasteiger charge is -2.16. The van der Waals surface area contributed by atoms with E-state index in [1.807, 2.05) is 0 Å². The van der Waals surface area contributed by atoms with Crippen LogP contribution in [0.1, 0.15) is 27.2 Å². The van der Waals surface area contributed by atoms with Crippen LogP contribution in [0.25, 0.3) is 0 Å². The molecule has 0 aromatic carbocycles. The van der Waals surface area contributed by atoms with Crippen molar-refractivity contribution in [3.63, 3.8) is 0 Å². The molecule has 0 unspecified atom stereocenters. The van der Waals surface area contributed by atoms with Crippen LogP contribution in [0.15, 0.2) is 4.99 Å². The molecule has 0 spiro atoms. The molecule has 13 heavy (non-hydrogen) atoms. The third kappa shape index (κ3) is 9.20. The SMILES string of the molecule is CC(C)(C)CCSC(=N)N=C(N)N. The van der Waals surface area contributed by atoms with Crippen molar-refractivity contribution in [1.29, 1.82) is 5.41 Å². The maximum absolute atomic E-state index is 7.34. The fraction of sp³-hybridized carbons (Fsp3) is 0.750. The fourth-order valence-corrected chi connectivity index (χ4v) is 1.68. The van der Waals surface area contributed by atoms with Crippen molar-refractivity contribution in [1.82, 2.24) is 0 Å². The molecule has 0 aliphatic carbocycles. The van der Waals surface area contributed by atoms with E-state index in [2.05, 4.69) is 25.8 Å². The summed E-state index contributed by atoms with van der Waals surface area (Å²) in [7, 11) is 0. The van der Waals surface area contributed by atoms with E-state index in [0.29, 0.717) is 5.41 Å². The lowest BCUT2D eigenvalue weighted by atomic mass is 9.94. The van der Waals surface area contributed by atoms with Gasteiger partial charge in [0.1, 0.15) is 0 Å². The molecular weight excluding hydrogens is 184 g/mol. The predicted octanol–water partition coefficient (Wildman–Crippen LogP) is 1.36. The predicted molar refractivity (Wildman–Crippen MR) is 60.1 cm³/mol. The molecule has 0 aromatic heterocycles. The molecular formula is C8H18N4S. The van der Waals surface area contributed by atoms with Crippen molar-refractivity contribution in [2.45, 2.75) is 27.2 Å². The van der Waals surface area contributed by atoms with Crippen LogP contribution in [0.2, 0.25) is 0 Å². The highest BCUT2D eigenvalue weighted by Gasteiger charge is 2.09. The zero-order chi connectivity index (χ0) is 10.5. The number of aliphatic imine (C=N–C) groups is 1. The van der Waals surface area contributed by atoms with Crippen molar-refractivity contribution in [2.24, 2.45) is 21.9 Å². The summed E-state index contributed by atoms with van der Waals surface area (Å²) in [6.45, 7) is 6.49. The Balaban J connectivity index is 3.67. The van der Waals surface area contributed by atoms with Crippen molar-refractivity contribution in [2.75, 3.05) is 5.75 Å². The Morgan fingerprint density at radius 2 is 1.92 bits per heavy atom. The Kier molecular flexibility index (Phi) is 4.83. The summed E-state index contributed by atoms with van der Waals surface area (Å²) in [6.07, 6.45) is 1.04. The van der Waals surface area contributed by atoms with Gasteiger partial charge in [0, 0.05) is 5.75 Å². The Morgan fingerprint density at radius 1 is 1.38 bits per heavy atom. The van der Waals surface area contributed by atoms with Gasteiger partial charge in [-0.05, 0) is 11.8 Å². The Bertz CT molecular complexity index is 201. The molecule has 0 radical (unpaired) electrons. The molecule has 0 saturated heterocycles. The first kappa shape index (κ1) is 12.3. The van der Waals surface area contributed by atoms with Gasteiger partial charge in [-0.3, -0.25) is 5.41 Å². The highest BCUT2D eigenvalue weighted by Crippen LogP contribution is 2.21. The number of hydrogen-bond donors (Lipinski definition) is 3. The second-order valence-corrected chi connectivity index (χ2v) is 5.08. The molecule has 0 amide bonds. The number of rotatable bonds is 2. The molecule has 76 valence electrons. The lowest BCUT2D eigenvalue weighted by Crippen LogP contribution is -2.23. The minimum absolute atomic E-state index is 0.0479. The first-order chi connectivity index (χ1) is 5.81. The smallest absolute Gasteiger partial charge is 0.193 e. The highest BCUT2D eigenvalue weighted by atomic mass is 32.2. The lowest BCUT2D eigenvalue weighted by molar-refractivity contribution is 0.402. The maximum atomic E-state index is 7.34. The van der Waals surface area contributed by atoms with Gasteiger partial charge in [-0.15, -0.1) is 0 Å². The first-order valence-corrected chi connectivity index (χ1v) is 5.11. The summed E-state index contributed by atoms with van der Waals surface area (Å²) < 4.78 is 0. The number of hydrogen-bond acceptors (Lipinski definition) is 2. The van der Waals surface area contributed by atoms with Gasteiger partial charge >= 0.3 is 0 Å². The van der Waals surface area contributed by atoms with Crippen LogP contribution in [-0.2, 0) is 0 Å². The third-order valence-electron chi connectivity index (χ3n) is 1.32. The van der Waals surface area contributed by atoms with E-state index >= 15 is 0 Å². The van der Waals surface area contributed by atoms with Gasteiger partial charge in [-0.25, -0.2) is 0 Å². The fourth-order valence-electron chi connectivity index (χ4n) is 0.603. The van der Waals surface area contributed by atoms with Gasteiger partial charge in [0.05, 0.1) is 0 Å². The molecule has 0 aromatic rings. The molecule has 0 aliphatic rings. The van der Waals surface area contributed by atoms with Crippen LogP contribution < -0.4 is 11.5 Å². The van der Waals surface area contributed by atoms with Crippen molar-refractivity contribution in [3.8, 4) is 0 Å². The molecule has 0 fully saturated rings. The van der Waals surface area contributed by atoms with E-state index in [9.17, 15) is 0 Å². The van der Waals surface area contributed by atoms with Crippen LogP contribution in [0.5, 0.6) is 0 Å². The Labute approximate surface area is 83.7 Å². The van der Waals surface area contributed by atoms with Crippen LogP contribution in [0.3, 0.4) is 0 Å². The summed E-state index contributed by atoms with van der Waals surface area (Å²) in [5.74, 6) is 0.826. The Hall–Kier alpha value is -0.710. The van der Waals surface area contributed by atoms with Crippen LogP contribution in [0.4, 0.5) is 0 Å². The number of nitrogens with zero attached hydrogens (tertiary/aromatic N) is 1. The van der Waals surface area contributed by atoms with Gasteiger partial charge in [0.15, 0.2) is 11.1 Å². The molecule has 5 N–H and O–H groups in total. The Morgan fingerprint density at radius 3 is 2.31 bits per heavy atom. The van der Waals surface area contributed by atoms with Crippen LogP contribution >= 0.6 is 11.8 Å². The molecule has 0 atom stereocenters. The van der Waals surface area contributed by atoms with Crippen molar-refractivity contribution >= 4 is 22.9 Å². The molecule has 0 saturated carbocycles. The minimum atomic E-state index is -0.0479. The van der Waals surface area contributed by atoms with E-state index in [4.69, 9.17) is 16.9 Å². The summed E-state index contributed by atoms with van der Waals surface area (Å²) in [6, 6.07) is 0. The van der Waals surface area contributed by atoms with E-state index in [0.717, 1.165) is 12.2 Å². The third-order valence-corrected chi connectivity index (χ3v) is 2.09. The largest absolute Gasteiger partial charge is 0.370 e. The normalized spacial score (nSPS) is 11.0. The second-order valence-electron chi connectivity index (χ2n) is 4.00. The average molecular weight is 202 g/mol. The standard InChI is InChI=1S/C8H18N4S/c1-8(2,3)4-5-13-7(11)12-6(9)10/h4-5H2,1-3H3,(H5,9,10,11,12). The topological polar surface area (TPSA) is 88.2 Å². The van der Waals surface area contributed by atoms with Gasteiger partial charge in [-0.1, -0.05) is 32.5 Å². The summed E-state index contributed by atoms with van der Waals surface area (Å²) >= 11 is 1.37. The molecule has 0 aliphatic heterocycles. The number of nitrogens with two attached hydrogens (primary N) is 2. The van der Waals surface area contributed by atoms with E-state index in [-0.39, 0.29) is 11.1 Å². The average Bonchev–Trinajstić information content (AvgIpc) is 1.81. The van der Waals surface area contributed by atoms with Gasteiger partial charge in [-0.2, -0.15) is 4.99 Å². The quantitative estimate of drug-likeness (QED) is 0.466. The molecule has 4 nitrogen and oxygen atoms in total. The van der Waals surface area contributed by atoms with Crippen LogP contribution in [0, 0.1) is 10.8 Å². The van der Waals surface area contributed by atoms with Gasteiger partial charge in [0.25, 0.3) is 0 Å². The number of guanidine groups is 1. The van der Waals surface area contributed by atoms with Crippen LogP contribution in [-0.4, -0.2) is 16.9 Å². The monoisotopic (exact) mass is 202 g/mol. The number of nitrogens with one attached hydrogen (secondary N) is 1. The second kappa shape index (κ2) is 5.11. The van der Waals surface area contributed by atoms with E-state index in [1.54, 1.807) is 0 Å². The molecule has 5 heteroatoms. The summed E-state index contributed by atoms with van der Waals surface area (Å²) in [5.41, 5.74) is 10.5. The van der Waals surface area contributed by atoms with E-state index in [1.165, 1.54) is 11.8 Å². The minimum Gasteiger partial charge on any atom is -0.370 e. The van der Waals surface area contributed by atoms with Crippen molar-refractivity contribution in [3.05, 3.63) is 0 Å². The molecule has 0 bridgehead atoms. The van der Waals surface area contributed by atoms with Crippen molar-refractivity contribution < 1.29 is 0 Å². The van der Waals surface area contributed by atoms with Gasteiger partial charge < -0.3 is 11.5 Å².